The number of aromatic nitrogens is 2. The molecule has 0 N–H and O–H groups in total. The van der Waals surface area contributed by atoms with E-state index in [1.807, 2.05) is 31.2 Å². The molecular weight excluding hydrogens is 300 g/mol. The molecular formula is C16H17BrN2. The highest BCUT2D eigenvalue weighted by Gasteiger charge is 2.01. The lowest BCUT2D eigenvalue weighted by molar-refractivity contribution is 0.752. The number of benzene rings is 1. The van der Waals surface area contributed by atoms with Gasteiger partial charge in [-0.25, -0.2) is 4.98 Å². The monoisotopic (exact) mass is 316 g/mol. The normalized spacial score (nSPS) is 11.7. The van der Waals surface area contributed by atoms with E-state index in [2.05, 4.69) is 62.9 Å². The van der Waals surface area contributed by atoms with Gasteiger partial charge >= 0.3 is 0 Å². The summed E-state index contributed by atoms with van der Waals surface area (Å²) in [4.78, 5) is 4.58. The Labute approximate surface area is 122 Å². The van der Waals surface area contributed by atoms with Gasteiger partial charge in [-0.2, -0.15) is 0 Å². The van der Waals surface area contributed by atoms with Crippen LogP contribution in [0.1, 0.15) is 30.9 Å². The molecule has 1 aromatic heterocycles. The number of imidazole rings is 1. The molecule has 0 aliphatic rings. The van der Waals surface area contributed by atoms with Crippen molar-refractivity contribution in [3.8, 4) is 0 Å². The zero-order valence-electron chi connectivity index (χ0n) is 11.2. The van der Waals surface area contributed by atoms with Crippen molar-refractivity contribution in [3.63, 3.8) is 0 Å². The van der Waals surface area contributed by atoms with Crippen molar-refractivity contribution in [1.29, 1.82) is 0 Å². The van der Waals surface area contributed by atoms with Crippen LogP contribution in [-0.2, 0) is 6.54 Å². The highest BCUT2D eigenvalue weighted by atomic mass is 79.9. The largest absolute Gasteiger partial charge is 0.331 e. The molecule has 3 heteroatoms. The van der Waals surface area contributed by atoms with E-state index in [9.17, 15) is 0 Å². The molecule has 0 fully saturated rings. The van der Waals surface area contributed by atoms with Crippen LogP contribution in [0.5, 0.6) is 0 Å². The van der Waals surface area contributed by atoms with Gasteiger partial charge in [-0.3, -0.25) is 0 Å². The maximum atomic E-state index is 4.58. The summed E-state index contributed by atoms with van der Waals surface area (Å²) in [6.07, 6.45) is 10.2. The van der Waals surface area contributed by atoms with E-state index >= 15 is 0 Å². The molecule has 0 saturated heterocycles. The summed E-state index contributed by atoms with van der Waals surface area (Å²) in [5, 5.41) is 0. The third-order valence-corrected chi connectivity index (χ3v) is 3.33. The van der Waals surface area contributed by atoms with Crippen molar-refractivity contribution in [2.24, 2.45) is 0 Å². The van der Waals surface area contributed by atoms with Crippen LogP contribution in [0, 0.1) is 0 Å². The summed E-state index contributed by atoms with van der Waals surface area (Å²) in [5.74, 6) is 0.985. The second kappa shape index (κ2) is 6.53. The van der Waals surface area contributed by atoms with Gasteiger partial charge in [-0.05, 0) is 43.7 Å². The molecule has 98 valence electrons. The SMILES string of the molecule is C/C=C/c1cn(CC)c(/C=C/c2ccc(Br)cc2)n1. The first-order valence-electron chi connectivity index (χ1n) is 6.36. The number of halogens is 1. The average molecular weight is 317 g/mol. The van der Waals surface area contributed by atoms with Crippen LogP contribution in [-0.4, -0.2) is 9.55 Å². The summed E-state index contributed by atoms with van der Waals surface area (Å²) >= 11 is 3.44. The van der Waals surface area contributed by atoms with Crippen LogP contribution in [0.3, 0.4) is 0 Å². The molecule has 2 nitrogen and oxygen atoms in total. The highest BCUT2D eigenvalue weighted by molar-refractivity contribution is 9.10. The number of hydrogen-bond acceptors (Lipinski definition) is 1. The molecule has 0 amide bonds. The Morgan fingerprint density at radius 1 is 1.16 bits per heavy atom. The van der Waals surface area contributed by atoms with Gasteiger partial charge in [0, 0.05) is 17.2 Å². The summed E-state index contributed by atoms with van der Waals surface area (Å²) in [6.45, 7) is 5.05. The van der Waals surface area contributed by atoms with E-state index in [0.29, 0.717) is 0 Å². The minimum Gasteiger partial charge on any atom is -0.331 e. The van der Waals surface area contributed by atoms with Gasteiger partial charge in [0.1, 0.15) is 5.82 Å². The molecule has 0 spiro atoms. The second-order valence-corrected chi connectivity index (χ2v) is 5.11. The Hall–Kier alpha value is -1.61. The zero-order valence-corrected chi connectivity index (χ0v) is 12.8. The summed E-state index contributed by atoms with van der Waals surface area (Å²) in [6, 6.07) is 8.23. The first kappa shape index (κ1) is 13.8. The Morgan fingerprint density at radius 3 is 2.53 bits per heavy atom. The lowest BCUT2D eigenvalue weighted by Gasteiger charge is -1.99. The van der Waals surface area contributed by atoms with Crippen LogP contribution < -0.4 is 0 Å². The van der Waals surface area contributed by atoms with E-state index in [1.54, 1.807) is 0 Å². The molecule has 1 aromatic carbocycles. The summed E-state index contributed by atoms with van der Waals surface area (Å²) in [5.41, 5.74) is 2.17. The van der Waals surface area contributed by atoms with Crippen LogP contribution in [0.15, 0.2) is 41.0 Å². The topological polar surface area (TPSA) is 17.8 Å². The van der Waals surface area contributed by atoms with Crippen molar-refractivity contribution >= 4 is 34.2 Å². The molecule has 0 atom stereocenters. The van der Waals surface area contributed by atoms with Crippen molar-refractivity contribution in [2.75, 3.05) is 0 Å². The zero-order chi connectivity index (χ0) is 13.7. The average Bonchev–Trinajstić information content (AvgIpc) is 2.81. The van der Waals surface area contributed by atoms with Crippen molar-refractivity contribution in [1.82, 2.24) is 9.55 Å². The van der Waals surface area contributed by atoms with Crippen molar-refractivity contribution < 1.29 is 0 Å². The third-order valence-electron chi connectivity index (χ3n) is 2.80. The Kier molecular flexibility index (Phi) is 4.74. The van der Waals surface area contributed by atoms with E-state index in [-0.39, 0.29) is 0 Å². The number of allylic oxidation sites excluding steroid dienone is 1. The third kappa shape index (κ3) is 3.67. The fraction of sp³-hybridized carbons (Fsp3) is 0.188. The van der Waals surface area contributed by atoms with E-state index in [1.165, 1.54) is 5.56 Å². The minimum absolute atomic E-state index is 0.921. The van der Waals surface area contributed by atoms with Gasteiger partial charge in [0.05, 0.1) is 5.69 Å². The van der Waals surface area contributed by atoms with Crippen LogP contribution in [0.4, 0.5) is 0 Å². The van der Waals surface area contributed by atoms with Gasteiger partial charge in [0.25, 0.3) is 0 Å². The maximum absolute atomic E-state index is 4.58. The quantitative estimate of drug-likeness (QED) is 0.787. The van der Waals surface area contributed by atoms with Gasteiger partial charge < -0.3 is 4.57 Å². The smallest absolute Gasteiger partial charge is 0.133 e. The Morgan fingerprint density at radius 2 is 1.89 bits per heavy atom. The lowest BCUT2D eigenvalue weighted by Crippen LogP contribution is -1.94. The summed E-state index contributed by atoms with van der Waals surface area (Å²) in [7, 11) is 0. The predicted molar refractivity (Wildman–Crippen MR) is 85.7 cm³/mol. The number of hydrogen-bond donors (Lipinski definition) is 0. The highest BCUT2D eigenvalue weighted by Crippen LogP contribution is 2.14. The first-order chi connectivity index (χ1) is 9.22. The molecule has 0 saturated carbocycles. The molecule has 2 rings (SSSR count). The molecule has 1 heterocycles. The molecule has 0 bridgehead atoms. The molecule has 0 unspecified atom stereocenters. The fourth-order valence-electron chi connectivity index (χ4n) is 1.83. The predicted octanol–water partition coefficient (Wildman–Crippen LogP) is 4.87. The van der Waals surface area contributed by atoms with E-state index < -0.39 is 0 Å². The second-order valence-electron chi connectivity index (χ2n) is 4.19. The lowest BCUT2D eigenvalue weighted by atomic mass is 10.2. The molecule has 0 radical (unpaired) electrons. The standard InChI is InChI=1S/C16H17BrN2/c1-3-5-15-12-19(4-2)16(18-15)11-8-13-6-9-14(17)10-7-13/h3,5-12H,4H2,1-2H3/b5-3+,11-8+. The fourth-order valence-corrected chi connectivity index (χ4v) is 2.10. The first-order valence-corrected chi connectivity index (χ1v) is 7.15. The van der Waals surface area contributed by atoms with Crippen molar-refractivity contribution in [2.45, 2.75) is 20.4 Å². The number of aryl methyl sites for hydroxylation is 1. The van der Waals surface area contributed by atoms with Gasteiger partial charge in [0.2, 0.25) is 0 Å². The van der Waals surface area contributed by atoms with E-state index in [0.717, 1.165) is 22.5 Å². The number of nitrogens with zero attached hydrogens (tertiary/aromatic N) is 2. The molecule has 2 aromatic rings. The van der Waals surface area contributed by atoms with Gasteiger partial charge in [-0.1, -0.05) is 40.2 Å². The van der Waals surface area contributed by atoms with Crippen LogP contribution in [0.2, 0.25) is 0 Å². The number of rotatable bonds is 4. The van der Waals surface area contributed by atoms with Gasteiger partial charge in [-0.15, -0.1) is 0 Å². The maximum Gasteiger partial charge on any atom is 0.133 e. The van der Waals surface area contributed by atoms with Gasteiger partial charge in [0.15, 0.2) is 0 Å². The Balaban J connectivity index is 2.24. The Bertz CT molecular complexity index is 592. The molecule has 0 aliphatic carbocycles. The minimum atomic E-state index is 0.921. The molecule has 0 aliphatic heterocycles. The van der Waals surface area contributed by atoms with Crippen LogP contribution in [0.25, 0.3) is 18.2 Å². The van der Waals surface area contributed by atoms with Crippen molar-refractivity contribution in [3.05, 3.63) is 58.1 Å². The summed E-state index contributed by atoms with van der Waals surface area (Å²) < 4.78 is 3.24. The van der Waals surface area contributed by atoms with Crippen LogP contribution >= 0.6 is 15.9 Å². The van der Waals surface area contributed by atoms with E-state index in [4.69, 9.17) is 0 Å². The molecule has 19 heavy (non-hydrogen) atoms.